The minimum atomic E-state index is 0.172. The van der Waals surface area contributed by atoms with Gasteiger partial charge in [-0.1, -0.05) is 78.9 Å². The van der Waals surface area contributed by atoms with Crippen LogP contribution in [0.25, 0.3) is 50.3 Å². The summed E-state index contributed by atoms with van der Waals surface area (Å²) in [7, 11) is 0. The predicted octanol–water partition coefficient (Wildman–Crippen LogP) is 6.96. The van der Waals surface area contributed by atoms with Gasteiger partial charge in [-0.05, 0) is 35.9 Å². The summed E-state index contributed by atoms with van der Waals surface area (Å²) in [6.45, 7) is 0. The first-order valence-electron chi connectivity index (χ1n) is 10.3. The van der Waals surface area contributed by atoms with Crippen LogP contribution in [0.5, 0.6) is 0 Å². The van der Waals surface area contributed by atoms with Gasteiger partial charge in [-0.25, -0.2) is 4.98 Å². The van der Waals surface area contributed by atoms with Crippen molar-refractivity contribution >= 4 is 33.4 Å². The Kier molecular flexibility index (Phi) is 4.44. The van der Waals surface area contributed by atoms with E-state index in [-0.39, 0.29) is 5.28 Å². The third-order valence-electron chi connectivity index (χ3n) is 5.61. The summed E-state index contributed by atoms with van der Waals surface area (Å²) in [4.78, 5) is 13.6. The number of aromatic nitrogens is 4. The van der Waals surface area contributed by atoms with Crippen LogP contribution in [-0.2, 0) is 0 Å². The van der Waals surface area contributed by atoms with Crippen LogP contribution >= 0.6 is 11.6 Å². The van der Waals surface area contributed by atoms with Crippen molar-refractivity contribution in [2.24, 2.45) is 0 Å². The van der Waals surface area contributed by atoms with E-state index in [2.05, 4.69) is 69.1 Å². The zero-order chi connectivity index (χ0) is 21.5. The third kappa shape index (κ3) is 3.04. The molecule has 2 aromatic heterocycles. The Morgan fingerprint density at radius 1 is 0.531 bits per heavy atom. The van der Waals surface area contributed by atoms with Crippen molar-refractivity contribution < 1.29 is 0 Å². The van der Waals surface area contributed by atoms with E-state index in [0.717, 1.165) is 27.8 Å². The number of benzene rings is 4. The predicted molar refractivity (Wildman–Crippen MR) is 130 cm³/mol. The van der Waals surface area contributed by atoms with Crippen molar-refractivity contribution in [2.75, 3.05) is 0 Å². The van der Waals surface area contributed by atoms with Gasteiger partial charge in [-0.3, -0.25) is 0 Å². The molecule has 2 heterocycles. The lowest BCUT2D eigenvalue weighted by Gasteiger charge is -2.13. The lowest BCUT2D eigenvalue weighted by atomic mass is 10.1. The monoisotopic (exact) mass is 432 g/mol. The molecule has 0 fully saturated rings. The molecule has 4 nitrogen and oxygen atoms in total. The molecule has 0 saturated carbocycles. The fourth-order valence-electron chi connectivity index (χ4n) is 4.23. The van der Waals surface area contributed by atoms with Gasteiger partial charge in [0.15, 0.2) is 11.6 Å². The van der Waals surface area contributed by atoms with E-state index in [1.165, 1.54) is 10.8 Å². The van der Waals surface area contributed by atoms with E-state index in [1.807, 2.05) is 48.5 Å². The first-order valence-corrected chi connectivity index (χ1v) is 10.7. The van der Waals surface area contributed by atoms with Crippen molar-refractivity contribution in [1.29, 1.82) is 0 Å². The zero-order valence-electron chi connectivity index (χ0n) is 17.0. The maximum absolute atomic E-state index is 6.35. The summed E-state index contributed by atoms with van der Waals surface area (Å²) in [6.07, 6.45) is 0. The number of hydrogen-bond acceptors (Lipinski definition) is 3. The van der Waals surface area contributed by atoms with Gasteiger partial charge in [0.25, 0.3) is 0 Å². The maximum Gasteiger partial charge on any atom is 0.226 e. The molecule has 0 aliphatic heterocycles. The molecule has 0 amide bonds. The number of nitrogens with zero attached hydrogens (tertiary/aromatic N) is 4. The van der Waals surface area contributed by atoms with E-state index in [1.54, 1.807) is 0 Å². The molecule has 0 radical (unpaired) electrons. The van der Waals surface area contributed by atoms with E-state index in [4.69, 9.17) is 16.6 Å². The number of fused-ring (bicyclic) bond motifs is 3. The fourth-order valence-corrected chi connectivity index (χ4v) is 4.39. The van der Waals surface area contributed by atoms with Crippen molar-refractivity contribution in [3.63, 3.8) is 0 Å². The molecule has 32 heavy (non-hydrogen) atoms. The van der Waals surface area contributed by atoms with E-state index < -0.39 is 0 Å². The van der Waals surface area contributed by atoms with Gasteiger partial charge in [-0.15, -0.1) is 0 Å². The van der Waals surface area contributed by atoms with Gasteiger partial charge in [0.2, 0.25) is 5.28 Å². The van der Waals surface area contributed by atoms with Gasteiger partial charge in [-0.2, -0.15) is 9.97 Å². The smallest absolute Gasteiger partial charge is 0.226 e. The Hall–Kier alpha value is -4.02. The Labute approximate surface area is 189 Å². The lowest BCUT2D eigenvalue weighted by Crippen LogP contribution is -2.02. The molecule has 0 spiro atoms. The van der Waals surface area contributed by atoms with Gasteiger partial charge in [0, 0.05) is 21.9 Å². The second kappa shape index (κ2) is 7.59. The Morgan fingerprint density at radius 3 is 1.81 bits per heavy atom. The van der Waals surface area contributed by atoms with E-state index in [9.17, 15) is 0 Å². The first-order chi connectivity index (χ1) is 15.8. The number of hydrogen-bond donors (Lipinski definition) is 0. The largest absolute Gasteiger partial charge is 0.309 e. The lowest BCUT2D eigenvalue weighted by molar-refractivity contribution is 1.06. The number of rotatable bonds is 3. The fraction of sp³-hybridized carbons (Fsp3) is 0. The minimum absolute atomic E-state index is 0.172. The Balaban J connectivity index is 1.64. The number of halogens is 1. The normalized spacial score (nSPS) is 11.3. The van der Waals surface area contributed by atoms with Gasteiger partial charge in [0.1, 0.15) is 0 Å². The number of para-hydroxylation sites is 3. The topological polar surface area (TPSA) is 43.6 Å². The van der Waals surface area contributed by atoms with Crippen molar-refractivity contribution in [1.82, 2.24) is 19.5 Å². The summed E-state index contributed by atoms with van der Waals surface area (Å²) < 4.78 is 2.26. The molecule has 0 saturated heterocycles. The highest BCUT2D eigenvalue weighted by Gasteiger charge is 2.17. The van der Waals surface area contributed by atoms with Crippen molar-refractivity contribution in [3.8, 4) is 28.5 Å². The van der Waals surface area contributed by atoms with E-state index in [0.29, 0.717) is 11.6 Å². The van der Waals surface area contributed by atoms with Crippen LogP contribution in [0.15, 0.2) is 103 Å². The van der Waals surface area contributed by atoms with Gasteiger partial charge < -0.3 is 4.57 Å². The van der Waals surface area contributed by atoms with Gasteiger partial charge in [0.05, 0.1) is 16.7 Å². The molecule has 152 valence electrons. The summed E-state index contributed by atoms with van der Waals surface area (Å²) >= 11 is 6.35. The molecule has 5 heteroatoms. The van der Waals surface area contributed by atoms with E-state index >= 15 is 0 Å². The molecule has 0 N–H and O–H groups in total. The SMILES string of the molecule is Clc1nc(-c2ccccc2)nc(-c2ccccc2-n2c3ccccc3c3ccccc32)n1. The molecule has 0 bridgehead atoms. The minimum Gasteiger partial charge on any atom is -0.309 e. The average Bonchev–Trinajstić information content (AvgIpc) is 3.19. The second-order valence-electron chi connectivity index (χ2n) is 7.50. The zero-order valence-corrected chi connectivity index (χ0v) is 17.7. The summed E-state index contributed by atoms with van der Waals surface area (Å²) in [5.74, 6) is 1.10. The van der Waals surface area contributed by atoms with Gasteiger partial charge >= 0.3 is 0 Å². The summed E-state index contributed by atoms with van der Waals surface area (Å²) in [6, 6.07) is 34.8. The summed E-state index contributed by atoms with van der Waals surface area (Å²) in [5.41, 5.74) is 5.04. The van der Waals surface area contributed by atoms with Crippen LogP contribution in [0.3, 0.4) is 0 Å². The molecule has 0 atom stereocenters. The molecule has 6 rings (SSSR count). The van der Waals surface area contributed by atoms with Crippen LogP contribution < -0.4 is 0 Å². The highest BCUT2D eigenvalue weighted by Crippen LogP contribution is 2.35. The van der Waals surface area contributed by atoms with Crippen molar-refractivity contribution in [3.05, 3.63) is 108 Å². The highest BCUT2D eigenvalue weighted by atomic mass is 35.5. The highest BCUT2D eigenvalue weighted by molar-refractivity contribution is 6.28. The van der Waals surface area contributed by atoms with Crippen LogP contribution in [0.4, 0.5) is 0 Å². The molecule has 0 unspecified atom stereocenters. The first kappa shape index (κ1) is 18.7. The molecule has 0 aliphatic carbocycles. The second-order valence-corrected chi connectivity index (χ2v) is 7.84. The quantitative estimate of drug-likeness (QED) is 0.303. The molecular formula is C27H17ClN4. The van der Waals surface area contributed by atoms with Crippen LogP contribution in [-0.4, -0.2) is 19.5 Å². The summed E-state index contributed by atoms with van der Waals surface area (Å²) in [5, 5.41) is 2.58. The third-order valence-corrected chi connectivity index (χ3v) is 5.78. The average molecular weight is 433 g/mol. The molecule has 6 aromatic rings. The van der Waals surface area contributed by atoms with Crippen molar-refractivity contribution in [2.45, 2.75) is 0 Å². The van der Waals surface area contributed by atoms with Crippen LogP contribution in [0.2, 0.25) is 5.28 Å². The Morgan fingerprint density at radius 2 is 1.09 bits per heavy atom. The van der Waals surface area contributed by atoms with Crippen LogP contribution in [0, 0.1) is 0 Å². The molecular weight excluding hydrogens is 416 g/mol. The molecule has 0 aliphatic rings. The van der Waals surface area contributed by atoms with Crippen LogP contribution in [0.1, 0.15) is 0 Å². The molecule has 4 aromatic carbocycles. The maximum atomic E-state index is 6.35. The standard InChI is InChI=1S/C27H17ClN4/c28-27-30-25(18-10-2-1-3-11-18)29-26(31-27)21-14-6-9-17-24(21)32-22-15-7-4-12-19(22)20-13-5-8-16-23(20)32/h1-17H. The Bertz CT molecular complexity index is 1540.